The molecule has 1 aliphatic carbocycles. The van der Waals surface area contributed by atoms with Crippen molar-refractivity contribution < 1.29 is 8.95 Å². The van der Waals surface area contributed by atoms with Gasteiger partial charge in [0, 0.05) is 0 Å². The average Bonchev–Trinajstić information content (AvgIpc) is 2.73. The van der Waals surface area contributed by atoms with Gasteiger partial charge in [-0.3, -0.25) is 0 Å². The van der Waals surface area contributed by atoms with E-state index in [-0.39, 0.29) is 6.10 Å². The van der Waals surface area contributed by atoms with Gasteiger partial charge in [0.15, 0.2) is 0 Å². The topological polar surface area (TPSA) is 26.3 Å². The number of ether oxygens (including phenoxy) is 1. The first kappa shape index (κ1) is 8.97. The largest absolute Gasteiger partial charge is 0.374 e. The van der Waals surface area contributed by atoms with Crippen LogP contribution < -0.4 is 0 Å². The van der Waals surface area contributed by atoms with Crippen molar-refractivity contribution >= 4 is 20.7 Å². The van der Waals surface area contributed by atoms with Gasteiger partial charge in [0.1, 0.15) is 10.0 Å². The van der Waals surface area contributed by atoms with Gasteiger partial charge in [-0.2, -0.15) is 0 Å². The van der Waals surface area contributed by atoms with Crippen molar-refractivity contribution in [2.24, 2.45) is 5.92 Å². The molecule has 70 valence electrons. The third-order valence-corrected chi connectivity index (χ3v) is 3.62. The lowest BCUT2D eigenvalue weighted by molar-refractivity contribution is 0.0451. The van der Waals surface area contributed by atoms with Crippen molar-refractivity contribution in [2.75, 3.05) is 5.75 Å². The maximum Gasteiger partial charge on any atom is 0.117 e. The average molecular weight is 209 g/mol. The van der Waals surface area contributed by atoms with E-state index in [1.807, 2.05) is 0 Å². The summed E-state index contributed by atoms with van der Waals surface area (Å²) in [5.41, 5.74) is 0. The highest BCUT2D eigenvalue weighted by atomic mass is 35.7. The van der Waals surface area contributed by atoms with Crippen LogP contribution in [0.25, 0.3) is 0 Å². The second kappa shape index (κ2) is 3.64. The summed E-state index contributed by atoms with van der Waals surface area (Å²) in [6.45, 7) is 0. The van der Waals surface area contributed by atoms with Crippen LogP contribution in [0, 0.1) is 5.92 Å². The van der Waals surface area contributed by atoms with Crippen molar-refractivity contribution in [1.82, 2.24) is 0 Å². The van der Waals surface area contributed by atoms with Gasteiger partial charge >= 0.3 is 0 Å². The molecular weight excluding hydrogens is 196 g/mol. The van der Waals surface area contributed by atoms with E-state index < -0.39 is 10.0 Å². The molecule has 2 fully saturated rings. The zero-order valence-electron chi connectivity index (χ0n) is 6.87. The van der Waals surface area contributed by atoms with Crippen LogP contribution in [0.5, 0.6) is 0 Å². The van der Waals surface area contributed by atoms with Crippen LogP contribution in [0.4, 0.5) is 0 Å². The quantitative estimate of drug-likeness (QED) is 0.662. The minimum Gasteiger partial charge on any atom is -0.374 e. The Morgan fingerprint density at radius 2 is 2.08 bits per heavy atom. The van der Waals surface area contributed by atoms with Gasteiger partial charge in [-0.05, 0) is 42.3 Å². The first-order chi connectivity index (χ1) is 5.75. The Hall–Kier alpha value is 0.400. The second-order valence-corrected chi connectivity index (χ2v) is 5.61. The summed E-state index contributed by atoms with van der Waals surface area (Å²) in [4.78, 5) is 0. The Labute approximate surface area is 79.6 Å². The monoisotopic (exact) mass is 208 g/mol. The van der Waals surface area contributed by atoms with Gasteiger partial charge in [0.2, 0.25) is 0 Å². The molecule has 3 atom stereocenters. The standard InChI is InChI=1S/C8H13ClO2S/c9-12(10)5-7-3-4-8(11-7)6-1-2-6/h6-8H,1-5H2. The molecule has 2 aliphatic rings. The zero-order chi connectivity index (χ0) is 8.55. The normalized spacial score (nSPS) is 38.4. The smallest absolute Gasteiger partial charge is 0.117 e. The minimum atomic E-state index is -1.22. The van der Waals surface area contributed by atoms with Gasteiger partial charge in [-0.1, -0.05) is 0 Å². The number of hydrogen-bond donors (Lipinski definition) is 0. The summed E-state index contributed by atoms with van der Waals surface area (Å²) in [6.07, 6.45) is 5.44. The SMILES string of the molecule is O=S(Cl)CC1CCC(C2CC2)O1. The van der Waals surface area contributed by atoms with Crippen LogP contribution in [0.2, 0.25) is 0 Å². The van der Waals surface area contributed by atoms with Crippen LogP contribution in [-0.2, 0) is 14.7 Å². The summed E-state index contributed by atoms with van der Waals surface area (Å²) >= 11 is 0. The predicted octanol–water partition coefficient (Wildman–Crippen LogP) is 1.85. The van der Waals surface area contributed by atoms with Crippen molar-refractivity contribution in [3.8, 4) is 0 Å². The van der Waals surface area contributed by atoms with Crippen LogP contribution >= 0.6 is 10.7 Å². The Morgan fingerprint density at radius 3 is 2.67 bits per heavy atom. The lowest BCUT2D eigenvalue weighted by Crippen LogP contribution is -2.17. The summed E-state index contributed by atoms with van der Waals surface area (Å²) in [6, 6.07) is 0. The fourth-order valence-electron chi connectivity index (χ4n) is 1.82. The molecule has 0 bridgehead atoms. The minimum absolute atomic E-state index is 0.161. The second-order valence-electron chi connectivity index (χ2n) is 3.67. The molecule has 1 saturated heterocycles. The summed E-state index contributed by atoms with van der Waals surface area (Å²) in [5.74, 6) is 1.31. The van der Waals surface area contributed by atoms with Crippen molar-refractivity contribution in [3.63, 3.8) is 0 Å². The molecule has 4 heteroatoms. The van der Waals surface area contributed by atoms with E-state index in [0.29, 0.717) is 11.9 Å². The predicted molar refractivity (Wildman–Crippen MR) is 49.5 cm³/mol. The highest BCUT2D eigenvalue weighted by molar-refractivity contribution is 8.08. The van der Waals surface area contributed by atoms with E-state index >= 15 is 0 Å². The molecule has 1 saturated carbocycles. The lowest BCUT2D eigenvalue weighted by Gasteiger charge is -2.10. The molecule has 0 N–H and O–H groups in total. The molecule has 2 rings (SSSR count). The molecule has 0 spiro atoms. The fourth-order valence-corrected chi connectivity index (χ4v) is 2.78. The number of halogens is 1. The Kier molecular flexibility index (Phi) is 2.72. The molecular formula is C8H13ClO2S. The molecule has 0 radical (unpaired) electrons. The molecule has 0 amide bonds. The summed E-state index contributed by atoms with van der Waals surface area (Å²) in [7, 11) is 4.18. The highest BCUT2D eigenvalue weighted by Crippen LogP contribution is 2.40. The Morgan fingerprint density at radius 1 is 1.33 bits per heavy atom. The van der Waals surface area contributed by atoms with E-state index in [1.165, 1.54) is 12.8 Å². The van der Waals surface area contributed by atoms with E-state index in [2.05, 4.69) is 0 Å². The first-order valence-electron chi connectivity index (χ1n) is 4.46. The zero-order valence-corrected chi connectivity index (χ0v) is 8.44. The van der Waals surface area contributed by atoms with E-state index in [9.17, 15) is 4.21 Å². The molecule has 3 unspecified atom stereocenters. The molecule has 0 aromatic rings. The van der Waals surface area contributed by atoms with Gasteiger partial charge in [0.05, 0.1) is 18.0 Å². The Balaban J connectivity index is 1.77. The van der Waals surface area contributed by atoms with Crippen LogP contribution in [0.1, 0.15) is 25.7 Å². The summed E-state index contributed by atoms with van der Waals surface area (Å²) in [5, 5.41) is 0. The maximum atomic E-state index is 10.7. The maximum absolute atomic E-state index is 10.7. The van der Waals surface area contributed by atoms with Crippen molar-refractivity contribution in [2.45, 2.75) is 37.9 Å². The van der Waals surface area contributed by atoms with Crippen molar-refractivity contribution in [1.29, 1.82) is 0 Å². The molecule has 12 heavy (non-hydrogen) atoms. The molecule has 1 aliphatic heterocycles. The lowest BCUT2D eigenvalue weighted by atomic mass is 10.1. The van der Waals surface area contributed by atoms with Gasteiger partial charge in [-0.25, -0.2) is 4.21 Å². The van der Waals surface area contributed by atoms with Crippen LogP contribution in [0.15, 0.2) is 0 Å². The third kappa shape index (κ3) is 2.21. The van der Waals surface area contributed by atoms with Crippen molar-refractivity contribution in [3.05, 3.63) is 0 Å². The first-order valence-corrected chi connectivity index (χ1v) is 6.60. The molecule has 0 aromatic carbocycles. The molecule has 2 nitrogen and oxygen atoms in total. The third-order valence-electron chi connectivity index (χ3n) is 2.61. The van der Waals surface area contributed by atoms with Gasteiger partial charge in [0.25, 0.3) is 0 Å². The summed E-state index contributed by atoms with van der Waals surface area (Å²) < 4.78 is 16.4. The van der Waals surface area contributed by atoms with Gasteiger partial charge < -0.3 is 4.74 Å². The number of rotatable bonds is 3. The molecule has 1 heterocycles. The van der Waals surface area contributed by atoms with Crippen LogP contribution in [-0.4, -0.2) is 22.2 Å². The highest BCUT2D eigenvalue weighted by Gasteiger charge is 2.37. The number of hydrogen-bond acceptors (Lipinski definition) is 2. The Bertz CT molecular complexity index is 193. The van der Waals surface area contributed by atoms with E-state index in [4.69, 9.17) is 15.4 Å². The fraction of sp³-hybridized carbons (Fsp3) is 1.00. The molecule has 0 aromatic heterocycles. The van der Waals surface area contributed by atoms with E-state index in [1.54, 1.807) is 0 Å². The van der Waals surface area contributed by atoms with E-state index in [0.717, 1.165) is 18.8 Å². The van der Waals surface area contributed by atoms with Gasteiger partial charge in [-0.15, -0.1) is 0 Å². The van der Waals surface area contributed by atoms with Crippen LogP contribution in [0.3, 0.4) is 0 Å².